The summed E-state index contributed by atoms with van der Waals surface area (Å²) in [7, 11) is 0. The maximum Gasteiger partial charge on any atom is 0.319 e. The van der Waals surface area contributed by atoms with Gasteiger partial charge in [0, 0.05) is 13.1 Å². The van der Waals surface area contributed by atoms with Crippen molar-refractivity contribution >= 4 is 11.9 Å². The van der Waals surface area contributed by atoms with Crippen LogP contribution in [0.1, 0.15) is 32.2 Å². The summed E-state index contributed by atoms with van der Waals surface area (Å²) < 4.78 is 10.9. The number of nitrogens with zero attached hydrogens (tertiary/aromatic N) is 3. The largest absolute Gasteiger partial charge is 0.406 e. The molecule has 2 heterocycles. The molecule has 8 nitrogen and oxygen atoms in total. The highest BCUT2D eigenvalue weighted by Crippen LogP contribution is 2.20. The molecule has 1 aliphatic heterocycles. The number of amides is 1. The number of carbonyl (C=O) groups is 1. The van der Waals surface area contributed by atoms with E-state index in [9.17, 15) is 4.79 Å². The number of nitrogens with two attached hydrogens (primary N) is 1. The first-order chi connectivity index (χ1) is 9.63. The minimum absolute atomic E-state index is 0.0907. The van der Waals surface area contributed by atoms with E-state index in [-0.39, 0.29) is 11.9 Å². The van der Waals surface area contributed by atoms with Crippen LogP contribution in [0.15, 0.2) is 4.42 Å². The van der Waals surface area contributed by atoms with Crippen molar-refractivity contribution in [2.45, 2.75) is 32.4 Å². The van der Waals surface area contributed by atoms with E-state index >= 15 is 0 Å². The minimum Gasteiger partial charge on any atom is -0.406 e. The zero-order valence-corrected chi connectivity index (χ0v) is 11.8. The van der Waals surface area contributed by atoms with Crippen LogP contribution in [0.4, 0.5) is 6.01 Å². The molecule has 112 valence electrons. The highest BCUT2D eigenvalue weighted by Gasteiger charge is 2.32. The number of hydrogen-bond donors (Lipinski definition) is 2. The van der Waals surface area contributed by atoms with E-state index in [2.05, 4.69) is 15.5 Å². The molecule has 2 unspecified atom stereocenters. The van der Waals surface area contributed by atoms with Crippen molar-refractivity contribution in [3.8, 4) is 0 Å². The zero-order valence-electron chi connectivity index (χ0n) is 11.8. The fourth-order valence-corrected chi connectivity index (χ4v) is 1.94. The Kier molecular flexibility index (Phi) is 4.91. The molecule has 1 aliphatic rings. The Labute approximate surface area is 117 Å². The van der Waals surface area contributed by atoms with Gasteiger partial charge in [-0.05, 0) is 13.3 Å². The summed E-state index contributed by atoms with van der Waals surface area (Å²) in [5, 5.41) is 10.7. The molecule has 0 aromatic carbocycles. The molecule has 0 bridgehead atoms. The van der Waals surface area contributed by atoms with Crippen LogP contribution in [0.25, 0.3) is 0 Å². The Morgan fingerprint density at radius 2 is 2.40 bits per heavy atom. The fourth-order valence-electron chi connectivity index (χ4n) is 1.94. The predicted molar refractivity (Wildman–Crippen MR) is 72.2 cm³/mol. The van der Waals surface area contributed by atoms with Crippen LogP contribution in [-0.2, 0) is 9.53 Å². The summed E-state index contributed by atoms with van der Waals surface area (Å²) in [4.78, 5) is 13.9. The van der Waals surface area contributed by atoms with Gasteiger partial charge in [0.05, 0.1) is 19.3 Å². The first-order valence-electron chi connectivity index (χ1n) is 6.84. The van der Waals surface area contributed by atoms with Crippen LogP contribution >= 0.6 is 0 Å². The van der Waals surface area contributed by atoms with Gasteiger partial charge in [-0.1, -0.05) is 12.0 Å². The number of carbonyl (C=O) groups excluding carboxylic acids is 1. The average molecular weight is 283 g/mol. The van der Waals surface area contributed by atoms with Gasteiger partial charge < -0.3 is 25.1 Å². The number of nitrogens with one attached hydrogen (secondary N) is 1. The molecule has 0 saturated carbocycles. The zero-order chi connectivity index (χ0) is 14.5. The van der Waals surface area contributed by atoms with E-state index in [1.54, 1.807) is 11.8 Å². The lowest BCUT2D eigenvalue weighted by Gasteiger charge is -2.32. The third-order valence-electron chi connectivity index (χ3n) is 3.05. The number of rotatable bonds is 5. The van der Waals surface area contributed by atoms with E-state index in [1.807, 2.05) is 6.92 Å². The third kappa shape index (κ3) is 3.26. The molecule has 1 saturated heterocycles. The van der Waals surface area contributed by atoms with Crippen LogP contribution in [0.2, 0.25) is 0 Å². The van der Waals surface area contributed by atoms with Crippen LogP contribution in [0.3, 0.4) is 0 Å². The minimum atomic E-state index is -0.448. The maximum absolute atomic E-state index is 12.1. The molecule has 1 fully saturated rings. The van der Waals surface area contributed by atoms with Crippen molar-refractivity contribution in [3.63, 3.8) is 0 Å². The summed E-state index contributed by atoms with van der Waals surface area (Å²) in [6, 6.07) is -0.460. The Morgan fingerprint density at radius 1 is 1.60 bits per heavy atom. The van der Waals surface area contributed by atoms with Gasteiger partial charge in [-0.25, -0.2) is 0 Å². The summed E-state index contributed by atoms with van der Waals surface area (Å²) in [6.07, 6.45) is 0.884. The standard InChI is InChI=1S/C12H21N5O3/c1-3-4-14-10(18)9-7-19-6-5-17(9)12-16-15-11(20-12)8(2)13/h8-9H,3-7,13H2,1-2H3,(H,14,18). The highest BCUT2D eigenvalue weighted by molar-refractivity contribution is 5.84. The monoisotopic (exact) mass is 283 g/mol. The molecule has 1 amide bonds. The van der Waals surface area contributed by atoms with Gasteiger partial charge in [0.15, 0.2) is 0 Å². The molecule has 8 heteroatoms. The summed E-state index contributed by atoms with van der Waals surface area (Å²) in [5.74, 6) is 0.270. The predicted octanol–water partition coefficient (Wildman–Crippen LogP) is -0.179. The Bertz CT molecular complexity index is 448. The van der Waals surface area contributed by atoms with Gasteiger partial charge in [0.1, 0.15) is 6.04 Å². The molecule has 2 atom stereocenters. The lowest BCUT2D eigenvalue weighted by molar-refractivity contribution is -0.124. The smallest absolute Gasteiger partial charge is 0.319 e. The van der Waals surface area contributed by atoms with Gasteiger partial charge in [0.25, 0.3) is 0 Å². The van der Waals surface area contributed by atoms with Gasteiger partial charge in [-0.2, -0.15) is 0 Å². The van der Waals surface area contributed by atoms with E-state index in [4.69, 9.17) is 14.9 Å². The molecular formula is C12H21N5O3. The van der Waals surface area contributed by atoms with Crippen molar-refractivity contribution in [3.05, 3.63) is 5.89 Å². The topological polar surface area (TPSA) is 107 Å². The second-order valence-electron chi connectivity index (χ2n) is 4.79. The highest BCUT2D eigenvalue weighted by atomic mass is 16.5. The van der Waals surface area contributed by atoms with Gasteiger partial charge >= 0.3 is 6.01 Å². The lowest BCUT2D eigenvalue weighted by atomic mass is 10.2. The second-order valence-corrected chi connectivity index (χ2v) is 4.79. The van der Waals surface area contributed by atoms with E-state index in [0.717, 1.165) is 6.42 Å². The number of ether oxygens (including phenoxy) is 1. The van der Waals surface area contributed by atoms with Crippen molar-refractivity contribution in [1.29, 1.82) is 0 Å². The fraction of sp³-hybridized carbons (Fsp3) is 0.750. The average Bonchev–Trinajstić information content (AvgIpc) is 2.94. The third-order valence-corrected chi connectivity index (χ3v) is 3.05. The maximum atomic E-state index is 12.1. The van der Waals surface area contributed by atoms with Crippen molar-refractivity contribution in [2.75, 3.05) is 31.2 Å². The van der Waals surface area contributed by atoms with Crippen LogP contribution in [0.5, 0.6) is 0 Å². The SMILES string of the molecule is CCCNC(=O)C1COCCN1c1nnc(C(C)N)o1. The normalized spacial score (nSPS) is 20.8. The van der Waals surface area contributed by atoms with Crippen molar-refractivity contribution in [2.24, 2.45) is 5.73 Å². The molecule has 1 aromatic rings. The van der Waals surface area contributed by atoms with E-state index < -0.39 is 6.04 Å². The summed E-state index contributed by atoms with van der Waals surface area (Å²) >= 11 is 0. The molecule has 0 aliphatic carbocycles. The number of hydrogen-bond acceptors (Lipinski definition) is 7. The van der Waals surface area contributed by atoms with Gasteiger partial charge in [0.2, 0.25) is 11.8 Å². The number of aromatic nitrogens is 2. The Morgan fingerprint density at radius 3 is 3.05 bits per heavy atom. The summed E-state index contributed by atoms with van der Waals surface area (Å²) in [6.45, 7) is 5.77. The molecular weight excluding hydrogens is 262 g/mol. The van der Waals surface area contributed by atoms with Crippen molar-refractivity contribution < 1.29 is 13.9 Å². The van der Waals surface area contributed by atoms with Crippen LogP contribution in [0, 0.1) is 0 Å². The molecule has 2 rings (SSSR count). The number of anilines is 1. The first-order valence-corrected chi connectivity index (χ1v) is 6.84. The van der Waals surface area contributed by atoms with Gasteiger partial charge in [-0.3, -0.25) is 4.79 Å². The summed E-state index contributed by atoms with van der Waals surface area (Å²) in [5.41, 5.74) is 5.70. The molecule has 3 N–H and O–H groups in total. The van der Waals surface area contributed by atoms with Crippen molar-refractivity contribution in [1.82, 2.24) is 15.5 Å². The second kappa shape index (κ2) is 6.67. The first kappa shape index (κ1) is 14.7. The molecule has 1 aromatic heterocycles. The molecule has 0 spiro atoms. The molecule has 0 radical (unpaired) electrons. The van der Waals surface area contributed by atoms with E-state index in [0.29, 0.717) is 38.2 Å². The van der Waals surface area contributed by atoms with Crippen LogP contribution < -0.4 is 16.0 Å². The molecule has 20 heavy (non-hydrogen) atoms. The quantitative estimate of drug-likeness (QED) is 0.772. The Balaban J connectivity index is 2.11. The lowest BCUT2D eigenvalue weighted by Crippen LogP contribution is -2.54. The number of morpholine rings is 1. The van der Waals surface area contributed by atoms with E-state index in [1.165, 1.54) is 0 Å². The van der Waals surface area contributed by atoms with Crippen LogP contribution in [-0.4, -0.2) is 48.4 Å². The van der Waals surface area contributed by atoms with Gasteiger partial charge in [-0.15, -0.1) is 5.10 Å². The Hall–Kier alpha value is -1.67.